The van der Waals surface area contributed by atoms with Crippen molar-refractivity contribution in [3.63, 3.8) is 0 Å². The molecule has 2 heterocycles. The van der Waals surface area contributed by atoms with Crippen molar-refractivity contribution in [3.05, 3.63) is 53.6 Å². The molecule has 0 radical (unpaired) electrons. The molecule has 15 heteroatoms. The first-order valence-electron chi connectivity index (χ1n) is 11.9. The van der Waals surface area contributed by atoms with Crippen LogP contribution in [0.4, 0.5) is 30.7 Å². The van der Waals surface area contributed by atoms with E-state index in [9.17, 15) is 39.6 Å². The first-order valence-corrected chi connectivity index (χ1v) is 13.7. The third-order valence-electron chi connectivity index (χ3n) is 6.74. The van der Waals surface area contributed by atoms with E-state index >= 15 is 4.39 Å². The summed E-state index contributed by atoms with van der Waals surface area (Å²) in [6.45, 7) is -0.493. The van der Waals surface area contributed by atoms with Gasteiger partial charge in [-0.15, -0.1) is 0 Å². The van der Waals surface area contributed by atoms with Crippen LogP contribution in [-0.4, -0.2) is 53.6 Å². The van der Waals surface area contributed by atoms with Gasteiger partial charge in [0.2, 0.25) is 10.0 Å². The summed E-state index contributed by atoms with van der Waals surface area (Å²) in [5.74, 6) is -3.44. The average molecular weight is 584 g/mol. The zero-order valence-electron chi connectivity index (χ0n) is 20.5. The average Bonchev–Trinajstić information content (AvgIpc) is 3.22. The molecule has 1 amide bonds. The van der Waals surface area contributed by atoms with Crippen molar-refractivity contribution < 1.29 is 48.7 Å². The number of nitrogens with zero attached hydrogens (tertiary/aromatic N) is 3. The predicted molar refractivity (Wildman–Crippen MR) is 124 cm³/mol. The van der Waals surface area contributed by atoms with E-state index in [-0.39, 0.29) is 27.4 Å². The summed E-state index contributed by atoms with van der Waals surface area (Å²) in [4.78, 5) is 13.0. The number of amides is 1. The molecule has 1 saturated carbocycles. The molecule has 39 heavy (non-hydrogen) atoms. The number of sulfonamides is 1. The van der Waals surface area contributed by atoms with Crippen LogP contribution in [0.5, 0.6) is 5.75 Å². The van der Waals surface area contributed by atoms with E-state index in [0.717, 1.165) is 31.4 Å². The maximum Gasteiger partial charge on any atom is 0.417 e. The number of hydrogen-bond donors (Lipinski definition) is 0. The summed E-state index contributed by atoms with van der Waals surface area (Å²) in [5, 5.41) is 4.28. The summed E-state index contributed by atoms with van der Waals surface area (Å²) in [5.41, 5.74) is -5.05. The molecule has 1 unspecified atom stereocenters. The van der Waals surface area contributed by atoms with E-state index in [4.69, 9.17) is 4.74 Å². The maximum absolute atomic E-state index is 15.4. The van der Waals surface area contributed by atoms with E-state index in [1.165, 1.54) is 6.07 Å². The second-order valence-corrected chi connectivity index (χ2v) is 11.4. The van der Waals surface area contributed by atoms with E-state index in [1.54, 1.807) is 10.9 Å². The molecular formula is C24H24F7N3O4S. The van der Waals surface area contributed by atoms with Crippen LogP contribution in [0.15, 0.2) is 36.5 Å². The molecule has 1 atom stereocenters. The fourth-order valence-electron chi connectivity index (χ4n) is 4.73. The van der Waals surface area contributed by atoms with Gasteiger partial charge in [-0.2, -0.15) is 31.4 Å². The van der Waals surface area contributed by atoms with Crippen molar-refractivity contribution in [1.29, 1.82) is 0 Å². The van der Waals surface area contributed by atoms with Crippen LogP contribution in [-0.2, 0) is 20.4 Å². The SMILES string of the molecule is CS(=O)(=O)N1C(=O)C=C(c2ccn(C3CCC3)n2)CC1(c1ccc(OCCCC(F)(F)F)cc1F)C(F)(F)F. The Balaban J connectivity index is 1.75. The van der Waals surface area contributed by atoms with Gasteiger partial charge in [0.15, 0.2) is 5.54 Å². The smallest absolute Gasteiger partial charge is 0.417 e. The molecule has 1 aliphatic heterocycles. The van der Waals surface area contributed by atoms with Crippen LogP contribution in [0.1, 0.15) is 55.8 Å². The minimum absolute atomic E-state index is 0.0158. The molecule has 1 aromatic carbocycles. The number of ether oxygens (including phenoxy) is 1. The summed E-state index contributed by atoms with van der Waals surface area (Å²) in [6.07, 6.45) is -7.43. The number of hydrogen-bond acceptors (Lipinski definition) is 5. The summed E-state index contributed by atoms with van der Waals surface area (Å²) >= 11 is 0. The van der Waals surface area contributed by atoms with Crippen LogP contribution in [0.3, 0.4) is 0 Å². The largest absolute Gasteiger partial charge is 0.493 e. The van der Waals surface area contributed by atoms with Crippen molar-refractivity contribution in [2.75, 3.05) is 12.9 Å². The normalized spacial score (nSPS) is 21.1. The van der Waals surface area contributed by atoms with E-state index in [0.29, 0.717) is 18.4 Å². The van der Waals surface area contributed by atoms with Crippen LogP contribution in [0, 0.1) is 5.82 Å². The number of benzene rings is 1. The van der Waals surface area contributed by atoms with Crippen LogP contribution >= 0.6 is 0 Å². The lowest BCUT2D eigenvalue weighted by atomic mass is 9.79. The molecule has 2 aliphatic rings. The molecule has 2 aromatic rings. The standard InChI is InChI=1S/C24H24F7N3O4S/c1-39(36,37)34-21(35)12-15(20-8-10-33(32-20)16-4-2-5-16)14-22(34,24(29,30)31)18-7-6-17(13-19(18)25)38-11-3-9-23(26,27)28/h6-8,10,12-13,16H,2-5,9,11,14H2,1H3. The summed E-state index contributed by atoms with van der Waals surface area (Å²) < 4.78 is 129. The highest BCUT2D eigenvalue weighted by Gasteiger charge is 2.66. The van der Waals surface area contributed by atoms with E-state index in [1.807, 2.05) is 0 Å². The molecule has 1 aromatic heterocycles. The van der Waals surface area contributed by atoms with Crippen molar-refractivity contribution in [2.24, 2.45) is 0 Å². The topological polar surface area (TPSA) is 81.5 Å². The van der Waals surface area contributed by atoms with Gasteiger partial charge >= 0.3 is 12.4 Å². The van der Waals surface area contributed by atoms with Gasteiger partial charge in [0.05, 0.1) is 24.6 Å². The monoisotopic (exact) mass is 583 g/mol. The predicted octanol–water partition coefficient (Wildman–Crippen LogP) is 5.50. The number of carbonyl (C=O) groups excluding carboxylic acids is 1. The van der Waals surface area contributed by atoms with E-state index < -0.39 is 71.1 Å². The van der Waals surface area contributed by atoms with Gasteiger partial charge in [-0.05, 0) is 49.5 Å². The Labute approximate surface area is 219 Å². The Bertz CT molecular complexity index is 1380. The molecule has 4 rings (SSSR count). The molecule has 1 fully saturated rings. The zero-order chi connectivity index (χ0) is 28.8. The number of rotatable bonds is 8. The van der Waals surface area contributed by atoms with Crippen molar-refractivity contribution in [1.82, 2.24) is 14.1 Å². The molecule has 1 aliphatic carbocycles. The van der Waals surface area contributed by atoms with Crippen molar-refractivity contribution >= 4 is 21.5 Å². The highest BCUT2D eigenvalue weighted by Crippen LogP contribution is 2.53. The van der Waals surface area contributed by atoms with Gasteiger partial charge in [-0.25, -0.2) is 17.1 Å². The van der Waals surface area contributed by atoms with Gasteiger partial charge in [-0.3, -0.25) is 9.48 Å². The van der Waals surface area contributed by atoms with Gasteiger partial charge in [-0.1, -0.05) is 0 Å². The van der Waals surface area contributed by atoms with Crippen LogP contribution in [0.25, 0.3) is 5.57 Å². The minimum atomic E-state index is -5.49. The van der Waals surface area contributed by atoms with Gasteiger partial charge in [0.1, 0.15) is 11.6 Å². The van der Waals surface area contributed by atoms with Crippen molar-refractivity contribution in [3.8, 4) is 5.75 Å². The fraction of sp³-hybridized carbons (Fsp3) is 0.500. The molecule has 0 N–H and O–H groups in total. The Morgan fingerprint density at radius 1 is 1.13 bits per heavy atom. The lowest BCUT2D eigenvalue weighted by Gasteiger charge is -2.45. The number of aromatic nitrogens is 2. The van der Waals surface area contributed by atoms with Crippen LogP contribution < -0.4 is 4.74 Å². The first kappa shape index (κ1) is 28.9. The zero-order valence-corrected chi connectivity index (χ0v) is 21.3. The minimum Gasteiger partial charge on any atom is -0.493 e. The fourth-order valence-corrected chi connectivity index (χ4v) is 5.94. The lowest BCUT2D eigenvalue weighted by Crippen LogP contribution is -2.61. The Kier molecular flexibility index (Phi) is 7.51. The second-order valence-electron chi connectivity index (χ2n) is 9.54. The molecule has 0 bridgehead atoms. The maximum atomic E-state index is 15.4. The lowest BCUT2D eigenvalue weighted by molar-refractivity contribution is -0.222. The summed E-state index contributed by atoms with van der Waals surface area (Å²) in [7, 11) is -4.89. The quantitative estimate of drug-likeness (QED) is 0.303. The molecular weight excluding hydrogens is 559 g/mol. The third-order valence-corrected chi connectivity index (χ3v) is 7.89. The Morgan fingerprint density at radius 3 is 2.36 bits per heavy atom. The Hall–Kier alpha value is -3.10. The summed E-state index contributed by atoms with van der Waals surface area (Å²) in [6, 6.07) is 3.49. The van der Waals surface area contributed by atoms with Crippen LogP contribution in [0.2, 0.25) is 0 Å². The number of alkyl halides is 6. The first-order chi connectivity index (χ1) is 18.0. The molecule has 0 spiro atoms. The number of carbonyl (C=O) groups is 1. The number of halogens is 7. The molecule has 7 nitrogen and oxygen atoms in total. The molecule has 0 saturated heterocycles. The third kappa shape index (κ3) is 5.77. The Morgan fingerprint density at radius 2 is 1.82 bits per heavy atom. The highest BCUT2D eigenvalue weighted by atomic mass is 32.2. The van der Waals surface area contributed by atoms with E-state index in [2.05, 4.69) is 5.10 Å². The second kappa shape index (κ2) is 10.1. The van der Waals surface area contributed by atoms with Gasteiger partial charge < -0.3 is 4.74 Å². The van der Waals surface area contributed by atoms with Crippen molar-refractivity contribution in [2.45, 2.75) is 62.5 Å². The van der Waals surface area contributed by atoms with Gasteiger partial charge in [0.25, 0.3) is 5.91 Å². The highest BCUT2D eigenvalue weighted by molar-refractivity contribution is 7.89. The molecule has 214 valence electrons. The van der Waals surface area contributed by atoms with Gasteiger partial charge in [0, 0.05) is 36.7 Å².